The molecule has 2 amide bonds. The quantitative estimate of drug-likeness (QED) is 0.121. The van der Waals surface area contributed by atoms with Crippen LogP contribution >= 0.6 is 0 Å². The first-order valence-corrected chi connectivity index (χ1v) is 16.3. The fraction of sp³-hybridized carbons (Fsp3) is 0.342. The molecule has 0 heterocycles. The number of rotatable bonds is 14. The smallest absolute Gasteiger partial charge is 0.337 e. The van der Waals surface area contributed by atoms with Gasteiger partial charge in [-0.2, -0.15) is 0 Å². The van der Waals surface area contributed by atoms with Gasteiger partial charge in [0.15, 0.2) is 0 Å². The number of carboxylic acid groups (broad SMARTS) is 1. The highest BCUT2D eigenvalue weighted by Gasteiger charge is 2.23. The first-order valence-electron chi connectivity index (χ1n) is 16.3. The Morgan fingerprint density at radius 2 is 1.41 bits per heavy atom. The number of fused-ring (bicyclic) bond motifs is 1. The second kappa shape index (κ2) is 15.9. The van der Waals surface area contributed by atoms with Crippen molar-refractivity contribution in [3.63, 3.8) is 0 Å². The zero-order valence-electron chi connectivity index (χ0n) is 26.3. The Hall–Kier alpha value is -4.85. The number of nitrogens with one attached hydrogen (secondary N) is 2. The Morgan fingerprint density at radius 1 is 0.761 bits per heavy atom. The van der Waals surface area contributed by atoms with Crippen molar-refractivity contribution < 1.29 is 29.0 Å². The largest absolute Gasteiger partial charge is 0.490 e. The summed E-state index contributed by atoms with van der Waals surface area (Å²) in [5, 5.41) is 17.3. The number of hydrogen-bond acceptors (Lipinski definition) is 5. The van der Waals surface area contributed by atoms with Gasteiger partial charge in [0.1, 0.15) is 17.2 Å². The van der Waals surface area contributed by atoms with Gasteiger partial charge in [0.25, 0.3) is 5.91 Å². The van der Waals surface area contributed by atoms with Gasteiger partial charge in [0, 0.05) is 18.0 Å². The van der Waals surface area contributed by atoms with Gasteiger partial charge in [-0.15, -0.1) is 0 Å². The molecule has 240 valence electrons. The third kappa shape index (κ3) is 9.10. The Bertz CT molecular complexity index is 1640. The predicted molar refractivity (Wildman–Crippen MR) is 180 cm³/mol. The average Bonchev–Trinajstić information content (AvgIpc) is 3.06. The molecule has 0 radical (unpaired) electrons. The van der Waals surface area contributed by atoms with E-state index in [1.54, 1.807) is 42.5 Å². The molecule has 0 spiro atoms. The van der Waals surface area contributed by atoms with E-state index in [1.165, 1.54) is 25.3 Å². The molecular formula is C38H42N2O6. The SMILES string of the molecule is CCCCCCCC(=O)NC1CCC(Oc2ccc3cc(Oc4ccc(C(=O)Nc5ccccc5C(=O)O)cc4)ccc3c2)CC1. The first kappa shape index (κ1) is 32.5. The van der Waals surface area contributed by atoms with E-state index in [1.807, 2.05) is 36.4 Å². The fourth-order valence-electron chi connectivity index (χ4n) is 5.83. The predicted octanol–water partition coefficient (Wildman–Crippen LogP) is 8.75. The standard InChI is InChI=1S/C38H42N2O6/c1-2-3-4-5-6-11-36(41)39-29-16-22-31(23-17-29)46-33-21-15-27-24-32(20-14-28(27)25-33)45-30-18-12-26(13-19-30)37(42)40-35-10-8-7-9-34(35)38(43)44/h7-10,12-15,18-21,24-25,29,31H,2-6,11,16-17,22-23H2,1H3,(H,39,41)(H,40,42)(H,43,44). The van der Waals surface area contributed by atoms with E-state index in [0.717, 1.165) is 55.0 Å². The van der Waals surface area contributed by atoms with Crippen molar-refractivity contribution in [2.75, 3.05) is 5.32 Å². The van der Waals surface area contributed by atoms with Crippen LogP contribution in [0.2, 0.25) is 0 Å². The summed E-state index contributed by atoms with van der Waals surface area (Å²) < 4.78 is 12.4. The molecule has 4 aromatic rings. The minimum Gasteiger partial charge on any atom is -0.490 e. The summed E-state index contributed by atoms with van der Waals surface area (Å²) in [5.41, 5.74) is 0.644. The van der Waals surface area contributed by atoms with Gasteiger partial charge in [0.2, 0.25) is 5.91 Å². The third-order valence-corrected chi connectivity index (χ3v) is 8.39. The Kier molecular flexibility index (Phi) is 11.3. The number of para-hydroxylation sites is 1. The van der Waals surface area contributed by atoms with Crippen molar-refractivity contribution in [1.82, 2.24) is 5.32 Å². The summed E-state index contributed by atoms with van der Waals surface area (Å²) >= 11 is 0. The molecule has 1 aliphatic carbocycles. The van der Waals surface area contributed by atoms with E-state index in [9.17, 15) is 19.5 Å². The fourth-order valence-corrected chi connectivity index (χ4v) is 5.83. The molecule has 0 atom stereocenters. The maximum atomic E-state index is 12.7. The summed E-state index contributed by atoms with van der Waals surface area (Å²) in [7, 11) is 0. The van der Waals surface area contributed by atoms with Crippen molar-refractivity contribution in [2.45, 2.75) is 83.3 Å². The summed E-state index contributed by atoms with van der Waals surface area (Å²) in [6.45, 7) is 2.20. The van der Waals surface area contributed by atoms with E-state index in [0.29, 0.717) is 23.5 Å². The molecule has 1 aliphatic rings. The first-order chi connectivity index (χ1) is 22.4. The number of amides is 2. The highest BCUT2D eigenvalue weighted by Crippen LogP contribution is 2.30. The Morgan fingerprint density at radius 3 is 2.13 bits per heavy atom. The third-order valence-electron chi connectivity index (χ3n) is 8.39. The number of aromatic carboxylic acids is 1. The Balaban J connectivity index is 1.09. The molecule has 1 fully saturated rings. The number of anilines is 1. The molecule has 1 saturated carbocycles. The van der Waals surface area contributed by atoms with Crippen LogP contribution in [0.4, 0.5) is 5.69 Å². The van der Waals surface area contributed by atoms with Crippen molar-refractivity contribution in [3.05, 3.63) is 96.1 Å². The number of ether oxygens (including phenoxy) is 2. The lowest BCUT2D eigenvalue weighted by Crippen LogP contribution is -2.39. The van der Waals surface area contributed by atoms with Crippen molar-refractivity contribution in [2.24, 2.45) is 0 Å². The van der Waals surface area contributed by atoms with Crippen LogP contribution in [-0.2, 0) is 4.79 Å². The lowest BCUT2D eigenvalue weighted by Gasteiger charge is -2.29. The summed E-state index contributed by atoms with van der Waals surface area (Å²) in [6, 6.07) is 25.1. The summed E-state index contributed by atoms with van der Waals surface area (Å²) in [6.07, 6.45) is 10.3. The number of unbranched alkanes of at least 4 members (excludes halogenated alkanes) is 4. The lowest BCUT2D eigenvalue weighted by atomic mass is 9.92. The average molecular weight is 623 g/mol. The van der Waals surface area contributed by atoms with Gasteiger partial charge in [-0.25, -0.2) is 4.79 Å². The molecule has 46 heavy (non-hydrogen) atoms. The molecule has 3 N–H and O–H groups in total. The molecule has 5 rings (SSSR count). The minimum atomic E-state index is -1.11. The molecule has 0 aromatic heterocycles. The van der Waals surface area contributed by atoms with Crippen LogP contribution in [0.1, 0.15) is 91.8 Å². The maximum Gasteiger partial charge on any atom is 0.337 e. The lowest BCUT2D eigenvalue weighted by molar-refractivity contribution is -0.122. The van der Waals surface area contributed by atoms with E-state index < -0.39 is 11.9 Å². The summed E-state index contributed by atoms with van der Waals surface area (Å²) in [5.74, 6) is 0.728. The van der Waals surface area contributed by atoms with E-state index in [2.05, 4.69) is 17.6 Å². The second-order valence-electron chi connectivity index (χ2n) is 11.9. The number of hydrogen-bond donors (Lipinski definition) is 3. The molecule has 0 aliphatic heterocycles. The number of carbonyl (C=O) groups excluding carboxylic acids is 2. The minimum absolute atomic E-state index is 0.0264. The zero-order chi connectivity index (χ0) is 32.3. The van der Waals surface area contributed by atoms with Gasteiger partial charge in [-0.05, 0) is 104 Å². The van der Waals surface area contributed by atoms with Crippen LogP contribution in [0.3, 0.4) is 0 Å². The van der Waals surface area contributed by atoms with Crippen molar-refractivity contribution >= 4 is 34.2 Å². The molecule has 0 saturated heterocycles. The van der Waals surface area contributed by atoms with Crippen LogP contribution in [0.15, 0.2) is 84.9 Å². The number of benzene rings is 4. The van der Waals surface area contributed by atoms with E-state index in [-0.39, 0.29) is 29.3 Å². The molecule has 0 unspecified atom stereocenters. The van der Waals surface area contributed by atoms with Crippen LogP contribution < -0.4 is 20.1 Å². The van der Waals surface area contributed by atoms with Crippen molar-refractivity contribution in [3.8, 4) is 17.2 Å². The van der Waals surface area contributed by atoms with Crippen LogP contribution in [0.5, 0.6) is 17.2 Å². The maximum absolute atomic E-state index is 12.7. The highest BCUT2D eigenvalue weighted by molar-refractivity contribution is 6.07. The normalized spacial score (nSPS) is 16.0. The molecule has 0 bridgehead atoms. The van der Waals surface area contributed by atoms with Crippen LogP contribution in [-0.4, -0.2) is 35.0 Å². The molecule has 8 nitrogen and oxygen atoms in total. The van der Waals surface area contributed by atoms with Gasteiger partial charge in [-0.3, -0.25) is 9.59 Å². The zero-order valence-corrected chi connectivity index (χ0v) is 26.3. The van der Waals surface area contributed by atoms with Gasteiger partial charge < -0.3 is 25.2 Å². The van der Waals surface area contributed by atoms with Crippen molar-refractivity contribution in [1.29, 1.82) is 0 Å². The van der Waals surface area contributed by atoms with Gasteiger partial charge >= 0.3 is 5.97 Å². The van der Waals surface area contributed by atoms with Gasteiger partial charge in [0.05, 0.1) is 17.4 Å². The summed E-state index contributed by atoms with van der Waals surface area (Å²) in [4.78, 5) is 36.4. The van der Waals surface area contributed by atoms with Crippen LogP contribution in [0, 0.1) is 0 Å². The number of carboxylic acids is 1. The molecular weight excluding hydrogens is 580 g/mol. The van der Waals surface area contributed by atoms with E-state index >= 15 is 0 Å². The number of carbonyl (C=O) groups is 3. The monoisotopic (exact) mass is 622 g/mol. The van der Waals surface area contributed by atoms with E-state index in [4.69, 9.17) is 9.47 Å². The molecule has 8 heteroatoms. The highest BCUT2D eigenvalue weighted by atomic mass is 16.5. The second-order valence-corrected chi connectivity index (χ2v) is 11.9. The Labute approximate surface area is 270 Å². The van der Waals surface area contributed by atoms with Gasteiger partial charge in [-0.1, -0.05) is 56.9 Å². The molecule has 4 aromatic carbocycles. The van der Waals surface area contributed by atoms with Crippen LogP contribution in [0.25, 0.3) is 10.8 Å². The topological polar surface area (TPSA) is 114 Å².